The Bertz CT molecular complexity index is 2160. The quantitative estimate of drug-likeness (QED) is 0.221. The summed E-state index contributed by atoms with van der Waals surface area (Å²) in [5.41, 5.74) is 3.98. The van der Waals surface area contributed by atoms with Crippen molar-refractivity contribution < 1.29 is 35.9 Å². The summed E-state index contributed by atoms with van der Waals surface area (Å²) in [6.07, 6.45) is 0.966. The van der Waals surface area contributed by atoms with E-state index >= 15 is 0 Å². The number of nitrogens with one attached hydrogen (secondary N) is 1. The maximum Gasteiger partial charge on any atom is 0.255 e. The Morgan fingerprint density at radius 2 is 1.67 bits per heavy atom. The summed E-state index contributed by atoms with van der Waals surface area (Å²) in [5.74, 6) is -1.94. The van der Waals surface area contributed by atoms with Crippen molar-refractivity contribution in [2.75, 3.05) is 36.7 Å². The Labute approximate surface area is 264 Å². The fraction of sp³-hybridized carbons (Fsp3) is 0.176. The summed E-state index contributed by atoms with van der Waals surface area (Å²) < 4.78 is 67.2. The van der Waals surface area contributed by atoms with E-state index in [1.165, 1.54) is 26.1 Å². The zero-order chi connectivity index (χ0) is 33.1. The number of carbonyl (C=O) groups excluding carboxylic acids is 2. The zero-order valence-electron chi connectivity index (χ0n) is 25.6. The molecule has 0 saturated carbocycles. The van der Waals surface area contributed by atoms with Gasteiger partial charge in [-0.2, -0.15) is 0 Å². The molecular formula is C34H29F2N3O6S. The van der Waals surface area contributed by atoms with E-state index in [9.17, 15) is 26.8 Å². The molecule has 2 heterocycles. The van der Waals surface area contributed by atoms with E-state index in [0.717, 1.165) is 28.3 Å². The maximum absolute atomic E-state index is 14.2. The van der Waals surface area contributed by atoms with E-state index in [1.807, 2.05) is 31.2 Å². The summed E-state index contributed by atoms with van der Waals surface area (Å²) >= 11 is 0. The lowest BCUT2D eigenvalue weighted by molar-refractivity contribution is -0.116. The number of furan rings is 1. The first kappa shape index (κ1) is 30.8. The number of amides is 2. The lowest BCUT2D eigenvalue weighted by atomic mass is 9.96. The Kier molecular flexibility index (Phi) is 7.55. The molecule has 9 nitrogen and oxygen atoms in total. The molecule has 1 aromatic heterocycles. The zero-order valence-corrected chi connectivity index (χ0v) is 26.4. The van der Waals surface area contributed by atoms with E-state index in [-0.39, 0.29) is 28.9 Å². The van der Waals surface area contributed by atoms with Crippen molar-refractivity contribution in [1.29, 1.82) is 0 Å². The molecule has 4 aromatic carbocycles. The molecule has 0 aliphatic carbocycles. The lowest BCUT2D eigenvalue weighted by Gasteiger charge is -2.23. The molecule has 0 bridgehead atoms. The summed E-state index contributed by atoms with van der Waals surface area (Å²) in [4.78, 5) is 27.8. The van der Waals surface area contributed by atoms with Crippen molar-refractivity contribution in [3.8, 4) is 28.2 Å². The minimum atomic E-state index is -3.80. The van der Waals surface area contributed by atoms with Crippen LogP contribution >= 0.6 is 0 Å². The molecule has 1 N–H and O–H groups in total. The number of fused-ring (bicyclic) bond motifs is 2. The number of anilines is 3. The first-order valence-electron chi connectivity index (χ1n) is 14.1. The van der Waals surface area contributed by atoms with Crippen LogP contribution in [0.15, 0.2) is 71.1 Å². The van der Waals surface area contributed by atoms with Gasteiger partial charge in [0.1, 0.15) is 28.7 Å². The molecule has 0 fully saturated rings. The Balaban J connectivity index is 1.66. The average Bonchev–Trinajstić information content (AvgIpc) is 3.55. The molecule has 236 valence electrons. The lowest BCUT2D eigenvalue weighted by Crippen LogP contribution is -2.25. The molecule has 1 aliphatic rings. The van der Waals surface area contributed by atoms with Gasteiger partial charge in [0.15, 0.2) is 0 Å². The van der Waals surface area contributed by atoms with Crippen LogP contribution in [0.25, 0.3) is 33.4 Å². The smallest absolute Gasteiger partial charge is 0.255 e. The SMILES string of the molecule is CNC(=O)c1c(-c2ccc(C)cc2)oc2cc(N(C)S(C)(=O)=O)c(-c3cc(OC)c4c(c3)N(c3cc(F)cc(F)c3)C(=O)C4)cc12. The third kappa shape index (κ3) is 5.24. The van der Waals surface area contributed by atoms with E-state index in [4.69, 9.17) is 9.15 Å². The number of sulfonamides is 1. The fourth-order valence-electron chi connectivity index (χ4n) is 5.72. The van der Waals surface area contributed by atoms with Gasteiger partial charge in [0.05, 0.1) is 42.4 Å². The number of methoxy groups -OCH3 is 1. The molecule has 6 rings (SSSR count). The molecule has 1 aliphatic heterocycles. The second-order valence-corrected chi connectivity index (χ2v) is 13.1. The van der Waals surface area contributed by atoms with Gasteiger partial charge in [-0.3, -0.25) is 18.8 Å². The van der Waals surface area contributed by atoms with Crippen LogP contribution in [0.4, 0.5) is 25.8 Å². The molecular weight excluding hydrogens is 616 g/mol. The van der Waals surface area contributed by atoms with Crippen LogP contribution in [0.1, 0.15) is 21.5 Å². The number of carbonyl (C=O) groups is 2. The molecule has 2 amide bonds. The van der Waals surface area contributed by atoms with Gasteiger partial charge >= 0.3 is 0 Å². The first-order valence-corrected chi connectivity index (χ1v) is 16.0. The third-order valence-electron chi connectivity index (χ3n) is 8.05. The molecule has 0 radical (unpaired) electrons. The Morgan fingerprint density at radius 1 is 1.00 bits per heavy atom. The van der Waals surface area contributed by atoms with Crippen molar-refractivity contribution in [3.63, 3.8) is 0 Å². The predicted octanol–water partition coefficient (Wildman–Crippen LogP) is 6.34. The van der Waals surface area contributed by atoms with E-state index in [2.05, 4.69) is 5.32 Å². The second kappa shape index (κ2) is 11.3. The van der Waals surface area contributed by atoms with Gasteiger partial charge in [-0.1, -0.05) is 29.8 Å². The second-order valence-electron chi connectivity index (χ2n) is 11.1. The molecule has 5 aromatic rings. The Hall–Kier alpha value is -5.23. The number of hydrogen-bond donors (Lipinski definition) is 1. The number of nitrogens with zero attached hydrogens (tertiary/aromatic N) is 2. The third-order valence-corrected chi connectivity index (χ3v) is 9.24. The van der Waals surface area contributed by atoms with Crippen LogP contribution < -0.4 is 19.3 Å². The van der Waals surface area contributed by atoms with Gasteiger partial charge in [-0.25, -0.2) is 17.2 Å². The first-order chi connectivity index (χ1) is 21.8. The fourth-order valence-corrected chi connectivity index (χ4v) is 6.23. The standard InChI is InChI=1S/C34H29F2N3O6S/c1-18-6-8-19(9-7-18)33-32(34(41)37-2)26-15-24(27(17-30(26)45-33)38(3)46(5,42)43)20-10-28-25(29(11-20)44-4)16-31(40)39(28)23-13-21(35)12-22(36)14-23/h6-15,17H,16H2,1-5H3,(H,37,41). The van der Waals surface area contributed by atoms with Crippen LogP contribution in [-0.2, 0) is 21.2 Å². The van der Waals surface area contributed by atoms with Crippen molar-refractivity contribution in [3.05, 3.63) is 95.1 Å². The monoisotopic (exact) mass is 645 g/mol. The van der Waals surface area contributed by atoms with Crippen LogP contribution in [0.3, 0.4) is 0 Å². The predicted molar refractivity (Wildman–Crippen MR) is 172 cm³/mol. The number of hydrogen-bond acceptors (Lipinski definition) is 6. The van der Waals surface area contributed by atoms with E-state index in [1.54, 1.807) is 24.3 Å². The average molecular weight is 646 g/mol. The molecule has 0 atom stereocenters. The summed E-state index contributed by atoms with van der Waals surface area (Å²) in [6.45, 7) is 1.94. The van der Waals surface area contributed by atoms with Gasteiger partial charge in [0, 0.05) is 48.3 Å². The normalized spacial score (nSPS) is 12.8. The van der Waals surface area contributed by atoms with Gasteiger partial charge in [0.25, 0.3) is 5.91 Å². The molecule has 46 heavy (non-hydrogen) atoms. The topological polar surface area (TPSA) is 109 Å². The van der Waals surface area contributed by atoms with Crippen molar-refractivity contribution in [1.82, 2.24) is 5.32 Å². The van der Waals surface area contributed by atoms with Gasteiger partial charge in [0.2, 0.25) is 15.9 Å². The minimum absolute atomic E-state index is 0.0103. The minimum Gasteiger partial charge on any atom is -0.496 e. The number of ether oxygens (including phenoxy) is 1. The number of halogens is 2. The van der Waals surface area contributed by atoms with Crippen molar-refractivity contribution in [2.45, 2.75) is 13.3 Å². The largest absolute Gasteiger partial charge is 0.496 e. The highest BCUT2D eigenvalue weighted by molar-refractivity contribution is 7.92. The molecule has 0 unspecified atom stereocenters. The van der Waals surface area contributed by atoms with Gasteiger partial charge in [-0.05, 0) is 42.8 Å². The van der Waals surface area contributed by atoms with Gasteiger partial charge in [-0.15, -0.1) is 0 Å². The van der Waals surface area contributed by atoms with Crippen LogP contribution in [0, 0.1) is 18.6 Å². The van der Waals surface area contributed by atoms with Crippen molar-refractivity contribution >= 4 is 49.9 Å². The number of aryl methyl sites for hydroxylation is 1. The van der Waals surface area contributed by atoms with Crippen LogP contribution in [0.2, 0.25) is 0 Å². The molecule has 0 saturated heterocycles. The number of benzene rings is 4. The highest BCUT2D eigenvalue weighted by Gasteiger charge is 2.34. The van der Waals surface area contributed by atoms with Crippen molar-refractivity contribution in [2.24, 2.45) is 0 Å². The molecule has 12 heteroatoms. The Morgan fingerprint density at radius 3 is 2.28 bits per heavy atom. The van der Waals surface area contributed by atoms with E-state index < -0.39 is 33.5 Å². The summed E-state index contributed by atoms with van der Waals surface area (Å²) in [5, 5.41) is 3.07. The maximum atomic E-state index is 14.2. The number of rotatable bonds is 7. The summed E-state index contributed by atoms with van der Waals surface area (Å²) in [6, 6.07) is 16.7. The summed E-state index contributed by atoms with van der Waals surface area (Å²) in [7, 11) is 0.510. The van der Waals surface area contributed by atoms with Gasteiger partial charge < -0.3 is 14.5 Å². The van der Waals surface area contributed by atoms with Crippen LogP contribution in [0.5, 0.6) is 5.75 Å². The molecule has 0 spiro atoms. The van der Waals surface area contributed by atoms with E-state index in [0.29, 0.717) is 50.9 Å². The highest BCUT2D eigenvalue weighted by Crippen LogP contribution is 2.47. The van der Waals surface area contributed by atoms with Crippen LogP contribution in [-0.4, -0.2) is 47.7 Å². The highest BCUT2D eigenvalue weighted by atomic mass is 32.2.